The Hall–Kier alpha value is -0.620. The molecule has 0 fully saturated rings. The van der Waals surface area contributed by atoms with Crippen molar-refractivity contribution in [3.63, 3.8) is 0 Å². The topological polar surface area (TPSA) is 86.5 Å². The van der Waals surface area contributed by atoms with Crippen LogP contribution in [0.5, 0.6) is 0 Å². The van der Waals surface area contributed by atoms with Crippen LogP contribution in [0.15, 0.2) is 0 Å². The fourth-order valence-corrected chi connectivity index (χ4v) is 2.12. The molecule has 0 spiro atoms. The summed E-state index contributed by atoms with van der Waals surface area (Å²) in [4.78, 5) is 11.0. The molecule has 0 aliphatic rings. The van der Waals surface area contributed by atoms with Crippen molar-refractivity contribution in [2.75, 3.05) is 12.4 Å². The van der Waals surface area contributed by atoms with Crippen LogP contribution in [-0.4, -0.2) is 26.7 Å². The van der Waals surface area contributed by atoms with Gasteiger partial charge in [-0.15, -0.1) is 0 Å². The molecule has 5 nitrogen and oxygen atoms in total. The minimum atomic E-state index is -3.30. The zero-order valence-electron chi connectivity index (χ0n) is 10.5. The highest BCUT2D eigenvalue weighted by atomic mass is 32.2. The lowest BCUT2D eigenvalue weighted by Crippen LogP contribution is -2.16. The van der Waals surface area contributed by atoms with Gasteiger partial charge in [-0.1, -0.05) is 25.7 Å². The summed E-state index contributed by atoms with van der Waals surface area (Å²) in [6.45, 7) is 2.23. The van der Waals surface area contributed by atoms with Crippen LogP contribution in [0, 0.1) is 0 Å². The molecule has 0 amide bonds. The molecule has 0 radical (unpaired) electrons. The molecule has 0 atom stereocenters. The monoisotopic (exact) mass is 265 g/mol. The van der Waals surface area contributed by atoms with Crippen molar-refractivity contribution in [2.24, 2.45) is 5.14 Å². The Balaban J connectivity index is 3.22. The van der Waals surface area contributed by atoms with E-state index < -0.39 is 10.0 Å². The second kappa shape index (κ2) is 9.41. The molecule has 0 rings (SSSR count). The number of ether oxygens (including phenoxy) is 1. The predicted molar refractivity (Wildman–Crippen MR) is 66.9 cm³/mol. The Kier molecular flexibility index (Phi) is 9.07. The van der Waals surface area contributed by atoms with Gasteiger partial charge in [0.25, 0.3) is 0 Å². The van der Waals surface area contributed by atoms with E-state index >= 15 is 0 Å². The highest BCUT2D eigenvalue weighted by Crippen LogP contribution is 2.08. The number of sulfonamides is 1. The lowest BCUT2D eigenvalue weighted by atomic mass is 10.1. The lowest BCUT2D eigenvalue weighted by molar-refractivity contribution is -0.143. The highest BCUT2D eigenvalue weighted by molar-refractivity contribution is 7.89. The summed E-state index contributed by atoms with van der Waals surface area (Å²) in [6, 6.07) is 0. The Morgan fingerprint density at radius 2 is 1.59 bits per heavy atom. The number of carbonyl (C=O) groups excluding carboxylic acids is 1. The van der Waals surface area contributed by atoms with Gasteiger partial charge in [0.15, 0.2) is 0 Å². The van der Waals surface area contributed by atoms with Crippen LogP contribution >= 0.6 is 0 Å². The van der Waals surface area contributed by atoms with Gasteiger partial charge in [0.05, 0.1) is 12.4 Å². The second-order valence-corrected chi connectivity index (χ2v) is 5.78. The maximum atomic E-state index is 11.0. The van der Waals surface area contributed by atoms with Gasteiger partial charge in [0.1, 0.15) is 0 Å². The first-order chi connectivity index (χ1) is 7.95. The number of hydrogen-bond acceptors (Lipinski definition) is 4. The summed E-state index contributed by atoms with van der Waals surface area (Å²) in [5.74, 6) is -0.0720. The minimum Gasteiger partial charge on any atom is -0.466 e. The number of rotatable bonds is 10. The quantitative estimate of drug-likeness (QED) is 0.480. The van der Waals surface area contributed by atoms with Crippen molar-refractivity contribution in [3.8, 4) is 0 Å². The summed E-state index contributed by atoms with van der Waals surface area (Å²) >= 11 is 0. The van der Waals surface area contributed by atoms with Crippen molar-refractivity contribution < 1.29 is 17.9 Å². The summed E-state index contributed by atoms with van der Waals surface area (Å²) < 4.78 is 26.1. The molecule has 0 aromatic heterocycles. The second-order valence-electron chi connectivity index (χ2n) is 4.04. The van der Waals surface area contributed by atoms with Crippen LogP contribution in [0.25, 0.3) is 0 Å². The van der Waals surface area contributed by atoms with E-state index in [0.29, 0.717) is 19.4 Å². The zero-order chi connectivity index (χ0) is 13.1. The predicted octanol–water partition coefficient (Wildman–Crippen LogP) is 1.57. The van der Waals surface area contributed by atoms with E-state index in [2.05, 4.69) is 0 Å². The third kappa shape index (κ3) is 13.3. The van der Waals surface area contributed by atoms with Crippen molar-refractivity contribution >= 4 is 16.0 Å². The third-order valence-electron chi connectivity index (χ3n) is 2.37. The Morgan fingerprint density at radius 3 is 2.12 bits per heavy atom. The van der Waals surface area contributed by atoms with Crippen LogP contribution < -0.4 is 5.14 Å². The average molecular weight is 265 g/mol. The molecule has 102 valence electrons. The third-order valence-corrected chi connectivity index (χ3v) is 3.22. The number of carbonyl (C=O) groups is 1. The molecule has 0 saturated carbocycles. The maximum absolute atomic E-state index is 11.0. The molecule has 17 heavy (non-hydrogen) atoms. The molecule has 0 aliphatic heterocycles. The number of unbranched alkanes of at least 4 members (excludes halogenated alkanes) is 5. The van der Waals surface area contributed by atoms with E-state index in [4.69, 9.17) is 9.88 Å². The van der Waals surface area contributed by atoms with Gasteiger partial charge < -0.3 is 4.74 Å². The molecule has 0 aromatic rings. The van der Waals surface area contributed by atoms with Gasteiger partial charge in [-0.05, 0) is 19.8 Å². The van der Waals surface area contributed by atoms with Crippen LogP contribution in [0.4, 0.5) is 0 Å². The van der Waals surface area contributed by atoms with E-state index in [-0.39, 0.29) is 11.7 Å². The SMILES string of the molecule is CCOC(=O)CCCCCCCCS(N)(=O)=O. The largest absolute Gasteiger partial charge is 0.466 e. The number of primary sulfonamides is 1. The van der Waals surface area contributed by atoms with Crippen LogP contribution in [0.2, 0.25) is 0 Å². The summed E-state index contributed by atoms with van der Waals surface area (Å²) in [7, 11) is -3.30. The Bertz CT molecular complexity index is 301. The normalized spacial score (nSPS) is 11.4. The van der Waals surface area contributed by atoms with Crippen molar-refractivity contribution in [1.82, 2.24) is 0 Å². The van der Waals surface area contributed by atoms with Crippen LogP contribution in [0.3, 0.4) is 0 Å². The van der Waals surface area contributed by atoms with Crippen LogP contribution in [-0.2, 0) is 19.6 Å². The van der Waals surface area contributed by atoms with Gasteiger partial charge in [-0.2, -0.15) is 0 Å². The van der Waals surface area contributed by atoms with E-state index in [1.165, 1.54) is 0 Å². The van der Waals surface area contributed by atoms with Gasteiger partial charge in [0, 0.05) is 6.42 Å². The fraction of sp³-hybridized carbons (Fsp3) is 0.909. The number of esters is 1. The Labute approximate surface area is 104 Å². The minimum absolute atomic E-state index is 0.0653. The molecule has 0 heterocycles. The van der Waals surface area contributed by atoms with Crippen LogP contribution in [0.1, 0.15) is 51.9 Å². The van der Waals surface area contributed by atoms with E-state index in [0.717, 1.165) is 32.1 Å². The van der Waals surface area contributed by atoms with Gasteiger partial charge in [0.2, 0.25) is 10.0 Å². The summed E-state index contributed by atoms with van der Waals surface area (Å²) in [5, 5.41) is 4.88. The van der Waals surface area contributed by atoms with Gasteiger partial charge in [-0.3, -0.25) is 4.79 Å². The number of hydrogen-bond donors (Lipinski definition) is 1. The molecule has 0 aromatic carbocycles. The smallest absolute Gasteiger partial charge is 0.305 e. The van der Waals surface area contributed by atoms with Gasteiger partial charge in [-0.25, -0.2) is 13.6 Å². The van der Waals surface area contributed by atoms with Crippen molar-refractivity contribution in [3.05, 3.63) is 0 Å². The first-order valence-electron chi connectivity index (χ1n) is 6.12. The molecule has 0 bridgehead atoms. The fourth-order valence-electron chi connectivity index (χ4n) is 1.51. The first-order valence-corrected chi connectivity index (χ1v) is 7.83. The standard InChI is InChI=1S/C11H23NO4S/c1-2-16-11(13)9-7-5-3-4-6-8-10-17(12,14)15/h2-10H2,1H3,(H2,12,14,15). The molecular weight excluding hydrogens is 242 g/mol. The molecule has 0 saturated heterocycles. The lowest BCUT2D eigenvalue weighted by Gasteiger charge is -2.02. The van der Waals surface area contributed by atoms with E-state index in [9.17, 15) is 13.2 Å². The van der Waals surface area contributed by atoms with Crippen molar-refractivity contribution in [2.45, 2.75) is 51.9 Å². The molecular formula is C11H23NO4S. The zero-order valence-corrected chi connectivity index (χ0v) is 11.3. The summed E-state index contributed by atoms with van der Waals surface area (Å²) in [6.07, 6.45) is 5.79. The average Bonchev–Trinajstić information content (AvgIpc) is 2.21. The van der Waals surface area contributed by atoms with Gasteiger partial charge >= 0.3 is 5.97 Å². The Morgan fingerprint density at radius 1 is 1.06 bits per heavy atom. The first kappa shape index (κ1) is 16.4. The molecule has 0 unspecified atom stereocenters. The van der Waals surface area contributed by atoms with Crippen molar-refractivity contribution in [1.29, 1.82) is 0 Å². The molecule has 0 aliphatic carbocycles. The van der Waals surface area contributed by atoms with E-state index in [1.807, 2.05) is 0 Å². The highest BCUT2D eigenvalue weighted by Gasteiger charge is 2.02. The molecule has 6 heteroatoms. The van der Waals surface area contributed by atoms with E-state index in [1.54, 1.807) is 6.92 Å². The maximum Gasteiger partial charge on any atom is 0.305 e. The number of nitrogens with two attached hydrogens (primary N) is 1. The molecule has 2 N–H and O–H groups in total. The summed E-state index contributed by atoms with van der Waals surface area (Å²) in [5.41, 5.74) is 0.